The first-order valence-corrected chi connectivity index (χ1v) is 6.53. The zero-order valence-corrected chi connectivity index (χ0v) is 9.80. The maximum atomic E-state index is 13.2. The minimum Gasteiger partial charge on any atom is -0.394 e. The maximum Gasteiger partial charge on any atom is 0.350 e. The predicted molar refractivity (Wildman–Crippen MR) is 62.8 cm³/mol. The number of rotatable bonds is 2. The molecular formula is C8H10FN3O2S2. The van der Waals surface area contributed by atoms with Crippen molar-refractivity contribution in [2.75, 3.05) is 18.1 Å². The molecule has 1 fully saturated rings. The average molecular weight is 263 g/mol. The molecule has 0 radical (unpaired) electrons. The topological polar surface area (TPSA) is 81.1 Å². The van der Waals surface area contributed by atoms with E-state index in [0.717, 1.165) is 6.20 Å². The number of aromatic nitrogens is 2. The predicted octanol–water partition coefficient (Wildman–Crippen LogP) is 0.262. The van der Waals surface area contributed by atoms with Crippen molar-refractivity contribution in [3.8, 4) is 0 Å². The van der Waals surface area contributed by atoms with Crippen LogP contribution in [0.2, 0.25) is 0 Å². The Morgan fingerprint density at radius 2 is 2.50 bits per heavy atom. The Morgan fingerprint density at radius 3 is 3.12 bits per heavy atom. The molecule has 2 atom stereocenters. The molecule has 0 amide bonds. The lowest BCUT2D eigenvalue weighted by atomic mass is 10.5. The van der Waals surface area contributed by atoms with Gasteiger partial charge in [0, 0.05) is 11.9 Å². The third kappa shape index (κ3) is 2.18. The normalized spacial score (nSPS) is 24.9. The molecule has 0 unspecified atom stereocenters. The third-order valence-corrected chi connectivity index (χ3v) is 5.27. The smallest absolute Gasteiger partial charge is 0.350 e. The van der Waals surface area contributed by atoms with E-state index in [1.165, 1.54) is 28.1 Å². The molecule has 3 N–H and O–H groups in total. The van der Waals surface area contributed by atoms with Gasteiger partial charge in [0.1, 0.15) is 0 Å². The minimum absolute atomic E-state index is 0.0255. The molecule has 2 rings (SSSR count). The number of aliphatic hydroxyl groups excluding tert-OH is 1. The molecule has 0 spiro atoms. The van der Waals surface area contributed by atoms with Crippen molar-refractivity contribution in [2.45, 2.75) is 9.96 Å². The van der Waals surface area contributed by atoms with Gasteiger partial charge >= 0.3 is 5.69 Å². The highest BCUT2D eigenvalue weighted by Crippen LogP contribution is 2.43. The fourth-order valence-corrected chi connectivity index (χ4v) is 4.20. The van der Waals surface area contributed by atoms with Crippen molar-refractivity contribution in [1.29, 1.82) is 0 Å². The minimum atomic E-state index is -0.697. The molecule has 0 aromatic carbocycles. The van der Waals surface area contributed by atoms with Crippen LogP contribution in [-0.2, 0) is 0 Å². The van der Waals surface area contributed by atoms with Gasteiger partial charge in [-0.05, 0) is 0 Å². The summed E-state index contributed by atoms with van der Waals surface area (Å²) in [4.78, 5) is 14.9. The van der Waals surface area contributed by atoms with E-state index in [0.29, 0.717) is 5.75 Å². The molecule has 1 saturated heterocycles. The molecule has 1 aliphatic rings. The first-order valence-electron chi connectivity index (χ1n) is 4.54. The second kappa shape index (κ2) is 4.64. The van der Waals surface area contributed by atoms with Gasteiger partial charge in [0.05, 0.1) is 16.6 Å². The number of anilines is 1. The van der Waals surface area contributed by atoms with Crippen LogP contribution >= 0.6 is 23.5 Å². The zero-order valence-electron chi connectivity index (χ0n) is 8.17. The Balaban J connectivity index is 2.28. The van der Waals surface area contributed by atoms with Gasteiger partial charge in [-0.3, -0.25) is 4.57 Å². The number of hydrogen-bond donors (Lipinski definition) is 2. The lowest BCUT2D eigenvalue weighted by Gasteiger charge is -2.12. The van der Waals surface area contributed by atoms with Crippen molar-refractivity contribution < 1.29 is 9.50 Å². The van der Waals surface area contributed by atoms with E-state index < -0.39 is 11.5 Å². The van der Waals surface area contributed by atoms with Crippen LogP contribution < -0.4 is 11.4 Å². The highest BCUT2D eigenvalue weighted by molar-refractivity contribution is 8.20. The van der Waals surface area contributed by atoms with Gasteiger partial charge in [-0.25, -0.2) is 9.18 Å². The molecule has 1 aliphatic heterocycles. The van der Waals surface area contributed by atoms with Crippen LogP contribution in [0.4, 0.5) is 10.2 Å². The SMILES string of the molecule is Nc1nc(=O)n([C@H]2CS[C@H](CO)S2)cc1F. The van der Waals surface area contributed by atoms with Crippen LogP contribution in [0.5, 0.6) is 0 Å². The summed E-state index contributed by atoms with van der Waals surface area (Å²) in [6, 6.07) is 0. The Bertz CT molecular complexity index is 453. The van der Waals surface area contributed by atoms with Crippen LogP contribution in [0.3, 0.4) is 0 Å². The van der Waals surface area contributed by atoms with Crippen LogP contribution in [0.15, 0.2) is 11.0 Å². The van der Waals surface area contributed by atoms with E-state index in [9.17, 15) is 9.18 Å². The molecule has 16 heavy (non-hydrogen) atoms. The van der Waals surface area contributed by atoms with Crippen LogP contribution in [0.1, 0.15) is 5.37 Å². The summed E-state index contributed by atoms with van der Waals surface area (Å²) in [6.07, 6.45) is 1.07. The zero-order chi connectivity index (χ0) is 11.7. The summed E-state index contributed by atoms with van der Waals surface area (Å²) in [5.41, 5.74) is 4.63. The van der Waals surface area contributed by atoms with Gasteiger partial charge in [-0.15, -0.1) is 23.5 Å². The van der Waals surface area contributed by atoms with E-state index >= 15 is 0 Å². The van der Waals surface area contributed by atoms with Gasteiger partial charge in [0.2, 0.25) is 0 Å². The Kier molecular flexibility index (Phi) is 3.41. The summed E-state index contributed by atoms with van der Waals surface area (Å²) in [5, 5.41) is 8.76. The molecule has 2 heterocycles. The van der Waals surface area contributed by atoms with Crippen LogP contribution in [0, 0.1) is 5.82 Å². The third-order valence-electron chi connectivity index (χ3n) is 2.13. The van der Waals surface area contributed by atoms with Crippen molar-refractivity contribution in [2.24, 2.45) is 0 Å². The largest absolute Gasteiger partial charge is 0.394 e. The van der Waals surface area contributed by atoms with Crippen molar-refractivity contribution in [1.82, 2.24) is 9.55 Å². The molecule has 8 heteroatoms. The molecule has 0 bridgehead atoms. The number of halogens is 1. The quantitative estimate of drug-likeness (QED) is 0.796. The summed E-state index contributed by atoms with van der Waals surface area (Å²) in [5.74, 6) is -0.436. The second-order valence-corrected chi connectivity index (χ2v) is 6.12. The molecule has 5 nitrogen and oxygen atoms in total. The summed E-state index contributed by atoms with van der Waals surface area (Å²) in [7, 11) is 0. The van der Waals surface area contributed by atoms with Crippen molar-refractivity contribution in [3.05, 3.63) is 22.5 Å². The number of thioether (sulfide) groups is 2. The maximum absolute atomic E-state index is 13.2. The second-order valence-electron chi connectivity index (χ2n) is 3.20. The van der Waals surface area contributed by atoms with E-state index in [1.807, 2.05) is 0 Å². The number of nitrogens with two attached hydrogens (primary N) is 1. The molecule has 0 aliphatic carbocycles. The van der Waals surface area contributed by atoms with Gasteiger partial charge in [-0.2, -0.15) is 4.98 Å². The molecule has 1 aromatic rings. The fraction of sp³-hybridized carbons (Fsp3) is 0.500. The number of aliphatic hydroxyl groups is 1. The number of nitrogen functional groups attached to an aromatic ring is 1. The van der Waals surface area contributed by atoms with E-state index in [2.05, 4.69) is 4.98 Å². The summed E-state index contributed by atoms with van der Waals surface area (Å²) in [6.45, 7) is 0.0332. The Morgan fingerprint density at radius 1 is 1.75 bits per heavy atom. The average Bonchev–Trinajstić information content (AvgIpc) is 2.71. The first kappa shape index (κ1) is 11.7. The van der Waals surface area contributed by atoms with Gasteiger partial charge < -0.3 is 10.8 Å². The monoisotopic (exact) mass is 263 g/mol. The highest BCUT2D eigenvalue weighted by atomic mass is 32.2. The van der Waals surface area contributed by atoms with Crippen molar-refractivity contribution >= 4 is 29.3 Å². The van der Waals surface area contributed by atoms with Crippen LogP contribution in [0.25, 0.3) is 0 Å². The summed E-state index contributed by atoms with van der Waals surface area (Å²) >= 11 is 2.96. The van der Waals surface area contributed by atoms with E-state index in [-0.39, 0.29) is 22.4 Å². The first-order chi connectivity index (χ1) is 7.61. The molecule has 0 saturated carbocycles. The van der Waals surface area contributed by atoms with Gasteiger partial charge in [-0.1, -0.05) is 0 Å². The van der Waals surface area contributed by atoms with Crippen LogP contribution in [-0.4, -0.2) is 31.6 Å². The Labute approximate surface area is 99.2 Å². The molecule has 88 valence electrons. The Hall–Kier alpha value is -0.730. The lowest BCUT2D eigenvalue weighted by Crippen LogP contribution is -2.27. The van der Waals surface area contributed by atoms with Crippen molar-refractivity contribution in [3.63, 3.8) is 0 Å². The summed E-state index contributed by atoms with van der Waals surface area (Å²) < 4.78 is 14.4. The van der Waals surface area contributed by atoms with E-state index in [4.69, 9.17) is 10.8 Å². The van der Waals surface area contributed by atoms with Gasteiger partial charge in [0.25, 0.3) is 0 Å². The standard InChI is InChI=1S/C8H10FN3O2S2/c9-4-1-12(8(14)11-7(4)10)5-3-15-6(2-13)16-5/h1,5-6,13H,2-3H2,(H2,10,11,14)/t5-,6+/m1/s1. The number of hydrogen-bond acceptors (Lipinski definition) is 6. The van der Waals surface area contributed by atoms with Gasteiger partial charge in [0.15, 0.2) is 11.6 Å². The fourth-order valence-electron chi connectivity index (χ4n) is 1.35. The van der Waals surface area contributed by atoms with E-state index in [1.54, 1.807) is 0 Å². The molecular weight excluding hydrogens is 253 g/mol. The molecule has 1 aromatic heterocycles. The highest BCUT2D eigenvalue weighted by Gasteiger charge is 2.28. The lowest BCUT2D eigenvalue weighted by molar-refractivity contribution is 0.316. The number of nitrogens with zero attached hydrogens (tertiary/aromatic N) is 2.